The van der Waals surface area contributed by atoms with E-state index in [4.69, 9.17) is 0 Å². The summed E-state index contributed by atoms with van der Waals surface area (Å²) in [6.07, 6.45) is 3.86. The molecule has 1 unspecified atom stereocenters. The number of carbonyl (C=O) groups is 1. The zero-order valence-electron chi connectivity index (χ0n) is 11.6. The summed E-state index contributed by atoms with van der Waals surface area (Å²) in [5.74, 6) is -0.191. The lowest BCUT2D eigenvalue weighted by Crippen LogP contribution is -2.19. The second kappa shape index (κ2) is 5.36. The first-order valence-corrected chi connectivity index (χ1v) is 6.82. The zero-order chi connectivity index (χ0) is 14.8. The molecule has 0 bridgehead atoms. The summed E-state index contributed by atoms with van der Waals surface area (Å²) in [7, 11) is 0. The Balaban J connectivity index is 2.31. The molecule has 0 saturated carbocycles. The smallest absolute Gasteiger partial charge is 0.326 e. The zero-order valence-corrected chi connectivity index (χ0v) is 11.6. The minimum absolute atomic E-state index is 0.494. The van der Waals surface area contributed by atoms with Crippen LogP contribution in [0.25, 0.3) is 22.4 Å². The molecular formula is C16H15N3O2. The normalized spacial score (nSPS) is 12.4. The van der Waals surface area contributed by atoms with Crippen LogP contribution in [0.3, 0.4) is 0 Å². The fourth-order valence-corrected chi connectivity index (χ4v) is 2.53. The van der Waals surface area contributed by atoms with Crippen molar-refractivity contribution in [2.45, 2.75) is 19.4 Å². The molecule has 1 aromatic carbocycles. The van der Waals surface area contributed by atoms with Crippen molar-refractivity contribution >= 4 is 17.0 Å². The summed E-state index contributed by atoms with van der Waals surface area (Å²) in [5.41, 5.74) is 2.49. The highest BCUT2D eigenvalue weighted by Gasteiger charge is 2.24. The molecule has 0 spiro atoms. The van der Waals surface area contributed by atoms with Crippen LogP contribution in [-0.2, 0) is 4.79 Å². The molecule has 5 heteroatoms. The van der Waals surface area contributed by atoms with E-state index < -0.39 is 12.0 Å². The van der Waals surface area contributed by atoms with Gasteiger partial charge in [0.25, 0.3) is 0 Å². The third kappa shape index (κ3) is 2.27. The van der Waals surface area contributed by atoms with Gasteiger partial charge in [0.1, 0.15) is 11.9 Å². The summed E-state index contributed by atoms with van der Waals surface area (Å²) in [5, 5.41) is 9.51. The highest BCUT2D eigenvalue weighted by Crippen LogP contribution is 2.29. The Hall–Kier alpha value is -2.69. The molecule has 0 aliphatic rings. The van der Waals surface area contributed by atoms with Crippen LogP contribution in [0.2, 0.25) is 0 Å². The van der Waals surface area contributed by atoms with Crippen molar-refractivity contribution in [1.29, 1.82) is 0 Å². The summed E-state index contributed by atoms with van der Waals surface area (Å²) in [6, 6.07) is 10.6. The molecular weight excluding hydrogens is 266 g/mol. The second-order valence-electron chi connectivity index (χ2n) is 4.79. The molecule has 0 amide bonds. The molecule has 21 heavy (non-hydrogen) atoms. The number of hydrogen-bond donors (Lipinski definition) is 1. The molecule has 0 fully saturated rings. The van der Waals surface area contributed by atoms with Gasteiger partial charge < -0.3 is 9.67 Å². The van der Waals surface area contributed by atoms with Gasteiger partial charge in [0.2, 0.25) is 0 Å². The number of aromatic nitrogens is 3. The summed E-state index contributed by atoms with van der Waals surface area (Å²) in [4.78, 5) is 20.2. The van der Waals surface area contributed by atoms with E-state index >= 15 is 0 Å². The Morgan fingerprint density at radius 3 is 2.62 bits per heavy atom. The second-order valence-corrected chi connectivity index (χ2v) is 4.79. The lowest BCUT2D eigenvalue weighted by Gasteiger charge is -2.16. The van der Waals surface area contributed by atoms with Gasteiger partial charge in [-0.05, 0) is 30.7 Å². The van der Waals surface area contributed by atoms with Gasteiger partial charge in [0.15, 0.2) is 0 Å². The Kier molecular flexibility index (Phi) is 3.39. The van der Waals surface area contributed by atoms with E-state index in [1.165, 1.54) is 0 Å². The van der Waals surface area contributed by atoms with Crippen LogP contribution < -0.4 is 0 Å². The predicted molar refractivity (Wildman–Crippen MR) is 79.9 cm³/mol. The Morgan fingerprint density at radius 1 is 1.24 bits per heavy atom. The van der Waals surface area contributed by atoms with Crippen LogP contribution in [0.15, 0.2) is 48.8 Å². The topological polar surface area (TPSA) is 68.0 Å². The van der Waals surface area contributed by atoms with E-state index in [1.807, 2.05) is 43.3 Å². The minimum Gasteiger partial charge on any atom is -0.480 e. The Bertz CT molecular complexity index is 781. The molecule has 1 N–H and O–H groups in total. The number of nitrogens with zero attached hydrogens (tertiary/aromatic N) is 3. The van der Waals surface area contributed by atoms with Crippen molar-refractivity contribution in [1.82, 2.24) is 14.5 Å². The van der Waals surface area contributed by atoms with Crippen LogP contribution >= 0.6 is 0 Å². The molecule has 106 valence electrons. The van der Waals surface area contributed by atoms with Crippen LogP contribution in [0, 0.1) is 0 Å². The lowest BCUT2D eigenvalue weighted by molar-refractivity contribution is -0.140. The number of aliphatic carboxylic acids is 1. The molecule has 0 saturated heterocycles. The van der Waals surface area contributed by atoms with Crippen LogP contribution in [0.4, 0.5) is 0 Å². The van der Waals surface area contributed by atoms with Gasteiger partial charge in [-0.2, -0.15) is 0 Å². The van der Waals surface area contributed by atoms with E-state index in [0.29, 0.717) is 12.2 Å². The van der Waals surface area contributed by atoms with Crippen LogP contribution in [0.1, 0.15) is 19.4 Å². The van der Waals surface area contributed by atoms with Crippen molar-refractivity contribution in [3.05, 3.63) is 48.8 Å². The standard InChI is InChI=1S/C16H15N3O2/c1-2-13(16(20)21)19-14-6-4-3-5-12(14)18-15(19)11-7-9-17-10-8-11/h3-10,13H,2H2,1H3,(H,20,21). The molecule has 3 aromatic rings. The number of carboxylic acid groups (broad SMARTS) is 1. The summed E-state index contributed by atoms with van der Waals surface area (Å²) < 4.78 is 1.80. The highest BCUT2D eigenvalue weighted by atomic mass is 16.4. The van der Waals surface area contributed by atoms with Crippen molar-refractivity contribution in [2.24, 2.45) is 0 Å². The van der Waals surface area contributed by atoms with Crippen molar-refractivity contribution < 1.29 is 9.90 Å². The van der Waals surface area contributed by atoms with Crippen LogP contribution in [-0.4, -0.2) is 25.6 Å². The summed E-state index contributed by atoms with van der Waals surface area (Å²) >= 11 is 0. The molecule has 5 nitrogen and oxygen atoms in total. The molecule has 1 atom stereocenters. The number of hydrogen-bond acceptors (Lipinski definition) is 3. The third-order valence-electron chi connectivity index (χ3n) is 3.52. The maximum Gasteiger partial charge on any atom is 0.326 e. The first-order valence-electron chi connectivity index (χ1n) is 6.82. The van der Waals surface area contributed by atoms with Gasteiger partial charge in [-0.1, -0.05) is 19.1 Å². The molecule has 3 rings (SSSR count). The molecule has 0 radical (unpaired) electrons. The van der Waals surface area contributed by atoms with E-state index in [1.54, 1.807) is 17.0 Å². The molecule has 0 aliphatic carbocycles. The first-order chi connectivity index (χ1) is 10.2. The van der Waals surface area contributed by atoms with Gasteiger partial charge in [-0.3, -0.25) is 4.98 Å². The van der Waals surface area contributed by atoms with E-state index in [2.05, 4.69) is 9.97 Å². The predicted octanol–water partition coefficient (Wildman–Crippen LogP) is 3.13. The van der Waals surface area contributed by atoms with Gasteiger partial charge in [-0.25, -0.2) is 9.78 Å². The quantitative estimate of drug-likeness (QED) is 0.797. The molecule has 2 heterocycles. The third-order valence-corrected chi connectivity index (χ3v) is 3.52. The molecule has 0 aliphatic heterocycles. The van der Waals surface area contributed by atoms with Crippen molar-refractivity contribution in [2.75, 3.05) is 0 Å². The first kappa shape index (κ1) is 13.3. The number of imidazole rings is 1. The minimum atomic E-state index is -0.851. The van der Waals surface area contributed by atoms with Gasteiger partial charge >= 0.3 is 5.97 Å². The number of fused-ring (bicyclic) bond motifs is 1. The molecule has 2 aromatic heterocycles. The van der Waals surface area contributed by atoms with Crippen molar-refractivity contribution in [3.63, 3.8) is 0 Å². The highest BCUT2D eigenvalue weighted by molar-refractivity contribution is 5.84. The average Bonchev–Trinajstić information content (AvgIpc) is 2.88. The van der Waals surface area contributed by atoms with E-state index in [0.717, 1.165) is 16.6 Å². The number of carboxylic acids is 1. The fraction of sp³-hybridized carbons (Fsp3) is 0.188. The lowest BCUT2D eigenvalue weighted by atomic mass is 10.2. The van der Waals surface area contributed by atoms with Gasteiger partial charge in [0, 0.05) is 18.0 Å². The largest absolute Gasteiger partial charge is 0.480 e. The number of rotatable bonds is 4. The van der Waals surface area contributed by atoms with E-state index in [9.17, 15) is 9.90 Å². The maximum absolute atomic E-state index is 11.6. The fourth-order valence-electron chi connectivity index (χ4n) is 2.53. The summed E-state index contributed by atoms with van der Waals surface area (Å²) in [6.45, 7) is 1.86. The Morgan fingerprint density at radius 2 is 1.95 bits per heavy atom. The van der Waals surface area contributed by atoms with Crippen LogP contribution in [0.5, 0.6) is 0 Å². The average molecular weight is 281 g/mol. The van der Waals surface area contributed by atoms with Gasteiger partial charge in [-0.15, -0.1) is 0 Å². The Labute approximate surface area is 121 Å². The number of benzene rings is 1. The van der Waals surface area contributed by atoms with Gasteiger partial charge in [0.05, 0.1) is 11.0 Å². The number of pyridine rings is 1. The number of para-hydroxylation sites is 2. The monoisotopic (exact) mass is 281 g/mol. The van der Waals surface area contributed by atoms with Crippen molar-refractivity contribution in [3.8, 4) is 11.4 Å². The SMILES string of the molecule is CCC(C(=O)O)n1c(-c2ccncc2)nc2ccccc21. The van der Waals surface area contributed by atoms with E-state index in [-0.39, 0.29) is 0 Å². The maximum atomic E-state index is 11.6.